The summed E-state index contributed by atoms with van der Waals surface area (Å²) >= 11 is -3.72. The minimum absolute atomic E-state index is 0. The molecule has 1 radical (unpaired) electrons. The molecule has 0 aliphatic rings. The van der Waals surface area contributed by atoms with E-state index in [9.17, 15) is 0 Å². The number of rotatable bonds is 0. The zero-order chi connectivity index (χ0) is 7.15. The third kappa shape index (κ3) is 471. The second-order valence-electron chi connectivity index (χ2n) is 0.803. The molecular formula is C2H6AgO4S2-2. The van der Waals surface area contributed by atoms with Crippen molar-refractivity contribution in [1.29, 1.82) is 0 Å². The van der Waals surface area contributed by atoms with Crippen LogP contribution in [0.4, 0.5) is 0 Å². The van der Waals surface area contributed by atoms with Gasteiger partial charge in [0.25, 0.3) is 0 Å². The van der Waals surface area contributed by atoms with Crippen LogP contribution in [0.3, 0.4) is 0 Å². The summed E-state index contributed by atoms with van der Waals surface area (Å²) in [5, 5.41) is 0. The van der Waals surface area contributed by atoms with Crippen LogP contribution in [0, 0.1) is 0 Å². The minimum atomic E-state index is -1.86. The van der Waals surface area contributed by atoms with Crippen molar-refractivity contribution in [3.8, 4) is 0 Å². The van der Waals surface area contributed by atoms with E-state index in [1.807, 2.05) is 0 Å². The molecule has 0 aromatic rings. The van der Waals surface area contributed by atoms with Gasteiger partial charge in [0.2, 0.25) is 0 Å². The van der Waals surface area contributed by atoms with E-state index in [4.69, 9.17) is 17.5 Å². The SMILES string of the molecule is CS(=O)[O-].CS(=O)[O-].[Ag]. The average molecular weight is 266 g/mol. The normalized spacial score (nSPS) is 13.8. The van der Waals surface area contributed by atoms with Gasteiger partial charge >= 0.3 is 0 Å². The molecule has 0 spiro atoms. The molecule has 2 unspecified atom stereocenters. The van der Waals surface area contributed by atoms with Crippen LogP contribution in [0.1, 0.15) is 0 Å². The quantitative estimate of drug-likeness (QED) is 0.415. The molecule has 0 heterocycles. The van der Waals surface area contributed by atoms with Crippen LogP contribution in [0.25, 0.3) is 0 Å². The molecule has 63 valence electrons. The molecule has 0 bridgehead atoms. The first kappa shape index (κ1) is 16.5. The van der Waals surface area contributed by atoms with Crippen LogP contribution in [0.2, 0.25) is 0 Å². The fourth-order valence-electron chi connectivity index (χ4n) is 0. The smallest absolute Gasteiger partial charge is 0 e. The zero-order valence-corrected chi connectivity index (χ0v) is 7.87. The predicted molar refractivity (Wildman–Crippen MR) is 29.7 cm³/mol. The molecule has 0 rings (SSSR count). The Morgan fingerprint density at radius 2 is 1.00 bits per heavy atom. The molecule has 0 saturated carbocycles. The van der Waals surface area contributed by atoms with E-state index >= 15 is 0 Å². The van der Waals surface area contributed by atoms with E-state index in [-0.39, 0.29) is 22.4 Å². The van der Waals surface area contributed by atoms with Crippen molar-refractivity contribution < 1.29 is 39.9 Å². The molecular weight excluding hydrogens is 260 g/mol. The maximum Gasteiger partial charge on any atom is 0 e. The summed E-state index contributed by atoms with van der Waals surface area (Å²) in [6.07, 6.45) is 2.17. The van der Waals surface area contributed by atoms with Gasteiger partial charge in [-0.15, -0.1) is 0 Å². The van der Waals surface area contributed by atoms with Crippen LogP contribution < -0.4 is 0 Å². The van der Waals surface area contributed by atoms with Gasteiger partial charge in [0.05, 0.1) is 0 Å². The van der Waals surface area contributed by atoms with Gasteiger partial charge in [-0.25, -0.2) is 0 Å². The Hall–Kier alpha value is 0.960. The third-order valence-corrected chi connectivity index (χ3v) is 0. The van der Waals surface area contributed by atoms with Gasteiger partial charge < -0.3 is 9.11 Å². The molecule has 7 heteroatoms. The summed E-state index contributed by atoms with van der Waals surface area (Å²) in [6, 6.07) is 0. The van der Waals surface area contributed by atoms with Gasteiger partial charge in [0.1, 0.15) is 0 Å². The number of hydrogen-bond donors (Lipinski definition) is 0. The summed E-state index contributed by atoms with van der Waals surface area (Å²) in [4.78, 5) is 0. The fraction of sp³-hybridized carbons (Fsp3) is 1.00. The molecule has 0 N–H and O–H groups in total. The fourth-order valence-corrected chi connectivity index (χ4v) is 0. The second kappa shape index (κ2) is 11.7. The Kier molecular flexibility index (Phi) is 21.5. The van der Waals surface area contributed by atoms with Crippen LogP contribution in [-0.2, 0) is 44.5 Å². The molecule has 0 aliphatic heterocycles. The Balaban J connectivity index is -0.0000000720. The van der Waals surface area contributed by atoms with Crippen molar-refractivity contribution >= 4 is 22.2 Å². The molecule has 0 aromatic carbocycles. The van der Waals surface area contributed by atoms with E-state index < -0.39 is 22.2 Å². The van der Waals surface area contributed by atoms with Crippen molar-refractivity contribution in [2.24, 2.45) is 0 Å². The van der Waals surface area contributed by atoms with Gasteiger partial charge in [-0.1, -0.05) is 22.2 Å². The molecule has 2 atom stereocenters. The van der Waals surface area contributed by atoms with Crippen LogP contribution in [0.15, 0.2) is 0 Å². The third-order valence-electron chi connectivity index (χ3n) is 0. The van der Waals surface area contributed by atoms with Gasteiger partial charge in [0.15, 0.2) is 0 Å². The maximum atomic E-state index is 9.00. The summed E-state index contributed by atoms with van der Waals surface area (Å²) in [7, 11) is 0. The van der Waals surface area contributed by atoms with Gasteiger partial charge in [0, 0.05) is 22.4 Å². The van der Waals surface area contributed by atoms with Gasteiger partial charge in [-0.3, -0.25) is 8.42 Å². The van der Waals surface area contributed by atoms with Crippen molar-refractivity contribution in [3.63, 3.8) is 0 Å². The Labute approximate surface area is 74.5 Å². The molecule has 0 fully saturated rings. The van der Waals surface area contributed by atoms with E-state index in [1.165, 1.54) is 0 Å². The largest absolute Gasteiger partial charge is 0.773 e. The first-order valence-corrected chi connectivity index (χ1v) is 4.45. The summed E-state index contributed by atoms with van der Waals surface area (Å²) < 4.78 is 36.0. The maximum absolute atomic E-state index is 9.00. The van der Waals surface area contributed by atoms with E-state index in [0.29, 0.717) is 0 Å². The van der Waals surface area contributed by atoms with Crippen molar-refractivity contribution in [2.45, 2.75) is 0 Å². The molecule has 0 saturated heterocycles. The summed E-state index contributed by atoms with van der Waals surface area (Å²) in [5.74, 6) is 0. The van der Waals surface area contributed by atoms with Crippen LogP contribution in [0.5, 0.6) is 0 Å². The topological polar surface area (TPSA) is 80.3 Å². The van der Waals surface area contributed by atoms with Crippen molar-refractivity contribution in [1.82, 2.24) is 0 Å². The number of hydrogen-bond acceptors (Lipinski definition) is 4. The zero-order valence-electron chi connectivity index (χ0n) is 4.75. The van der Waals surface area contributed by atoms with Crippen molar-refractivity contribution in [3.05, 3.63) is 0 Å². The van der Waals surface area contributed by atoms with E-state index in [2.05, 4.69) is 0 Å². The Bertz CT molecular complexity index is 74.6. The van der Waals surface area contributed by atoms with Crippen LogP contribution >= 0.6 is 0 Å². The summed E-state index contributed by atoms with van der Waals surface area (Å²) in [6.45, 7) is 0. The van der Waals surface area contributed by atoms with Crippen molar-refractivity contribution in [2.75, 3.05) is 12.5 Å². The molecule has 9 heavy (non-hydrogen) atoms. The van der Waals surface area contributed by atoms with E-state index in [0.717, 1.165) is 12.5 Å². The second-order valence-corrected chi connectivity index (χ2v) is 2.41. The first-order valence-electron chi connectivity index (χ1n) is 1.48. The standard InChI is InChI=1S/2CH4O2S.Ag/c2*1-4(2)3;/h2*1H3,(H,2,3);/p-2. The average Bonchev–Trinajstić information content (AvgIpc) is 1.25. The molecule has 0 aromatic heterocycles. The first-order chi connectivity index (χ1) is 3.46. The minimum Gasteiger partial charge on any atom is -0.773 e. The van der Waals surface area contributed by atoms with Gasteiger partial charge in [-0.05, 0) is 12.5 Å². The Morgan fingerprint density at radius 1 is 1.00 bits per heavy atom. The summed E-state index contributed by atoms with van der Waals surface area (Å²) in [5.41, 5.74) is 0. The predicted octanol–water partition coefficient (Wildman–Crippen LogP) is -1.01. The van der Waals surface area contributed by atoms with Crippen LogP contribution in [-0.4, -0.2) is 30.0 Å². The Morgan fingerprint density at radius 3 is 1.00 bits per heavy atom. The monoisotopic (exact) mass is 265 g/mol. The molecule has 0 aliphatic carbocycles. The van der Waals surface area contributed by atoms with E-state index in [1.54, 1.807) is 0 Å². The molecule has 0 amide bonds. The molecule has 4 nitrogen and oxygen atoms in total. The van der Waals surface area contributed by atoms with Gasteiger partial charge in [-0.2, -0.15) is 0 Å².